The van der Waals surface area contributed by atoms with E-state index in [1.165, 1.54) is 0 Å². The van der Waals surface area contributed by atoms with Crippen molar-refractivity contribution < 1.29 is 5.11 Å². The maximum atomic E-state index is 10.7. The maximum Gasteiger partial charge on any atom is 0.145 e. The van der Waals surface area contributed by atoms with Gasteiger partial charge in [0, 0.05) is 24.8 Å². The minimum absolute atomic E-state index is 0.159. The number of hydrogen-bond donors (Lipinski definition) is 3. The van der Waals surface area contributed by atoms with Crippen LogP contribution in [-0.4, -0.2) is 23.6 Å². The predicted molar refractivity (Wildman–Crippen MR) is 119 cm³/mol. The van der Waals surface area contributed by atoms with Crippen molar-refractivity contribution in [2.45, 2.75) is 13.5 Å². The van der Waals surface area contributed by atoms with Crippen molar-refractivity contribution in [3.63, 3.8) is 0 Å². The number of aryl methyl sites for hydroxylation is 1. The van der Waals surface area contributed by atoms with Crippen LogP contribution in [0.5, 0.6) is 5.75 Å². The van der Waals surface area contributed by atoms with Gasteiger partial charge in [0.15, 0.2) is 0 Å². The van der Waals surface area contributed by atoms with Crippen LogP contribution in [-0.2, 0) is 6.54 Å². The molecule has 5 heteroatoms. The van der Waals surface area contributed by atoms with Gasteiger partial charge in [-0.05, 0) is 48.4 Å². The number of phenolic OH excluding ortho intramolecular Hbond substituents is 1. The van der Waals surface area contributed by atoms with Gasteiger partial charge < -0.3 is 10.0 Å². The van der Waals surface area contributed by atoms with Crippen LogP contribution in [0, 0.1) is 12.3 Å². The number of anilines is 2. The smallest absolute Gasteiger partial charge is 0.145 e. The van der Waals surface area contributed by atoms with E-state index in [-0.39, 0.29) is 5.75 Å². The Morgan fingerprint density at radius 2 is 1.89 bits per heavy atom. The number of benzene rings is 2. The summed E-state index contributed by atoms with van der Waals surface area (Å²) >= 11 is 0. The highest BCUT2D eigenvalue weighted by Gasteiger charge is 2.12. The number of allylic oxidation sites excluding steroid dienone is 4. The van der Waals surface area contributed by atoms with Crippen LogP contribution >= 0.6 is 0 Å². The molecule has 0 saturated heterocycles. The summed E-state index contributed by atoms with van der Waals surface area (Å²) in [4.78, 5) is 2.07. The molecule has 0 aliphatic heterocycles. The first-order chi connectivity index (χ1) is 13.5. The fraction of sp³-hybridized carbons (Fsp3) is 0.130. The highest BCUT2D eigenvalue weighted by molar-refractivity contribution is 6.50. The standard InChI is InChI=1S/C23H24N4O/c1-4-17-9-11-19(12-10-17)27(3)15-18-13-16(2)14-22(23(18)28)26-25-21-8-6-5-7-20(21)24/h4-14,24,26,28H,1,15H2,2-3H3/b24-20?,25-21-. The largest absolute Gasteiger partial charge is 0.505 e. The molecule has 0 atom stereocenters. The molecular formula is C23H24N4O. The minimum Gasteiger partial charge on any atom is -0.505 e. The molecule has 2 aromatic rings. The molecule has 0 radical (unpaired) electrons. The summed E-state index contributed by atoms with van der Waals surface area (Å²) < 4.78 is 0. The third-order valence-corrected chi connectivity index (χ3v) is 4.51. The van der Waals surface area contributed by atoms with Crippen LogP contribution in [0.4, 0.5) is 11.4 Å². The molecule has 0 fully saturated rings. The molecule has 28 heavy (non-hydrogen) atoms. The Bertz CT molecular complexity index is 984. The van der Waals surface area contributed by atoms with E-state index in [0.29, 0.717) is 23.7 Å². The normalized spacial score (nSPS) is 14.4. The molecule has 0 aromatic heterocycles. The van der Waals surface area contributed by atoms with E-state index >= 15 is 0 Å². The number of aromatic hydroxyl groups is 1. The van der Waals surface area contributed by atoms with Crippen LogP contribution in [0.25, 0.3) is 6.08 Å². The Labute approximate surface area is 165 Å². The van der Waals surface area contributed by atoms with Gasteiger partial charge in [-0.1, -0.05) is 43.0 Å². The molecular weight excluding hydrogens is 348 g/mol. The van der Waals surface area contributed by atoms with E-state index in [1.54, 1.807) is 18.2 Å². The molecule has 2 aromatic carbocycles. The van der Waals surface area contributed by atoms with Gasteiger partial charge >= 0.3 is 0 Å². The van der Waals surface area contributed by atoms with Crippen molar-refractivity contribution in [3.05, 3.63) is 84.0 Å². The molecule has 1 aliphatic carbocycles. The van der Waals surface area contributed by atoms with E-state index in [1.807, 2.05) is 62.5 Å². The fourth-order valence-corrected chi connectivity index (χ4v) is 2.96. The number of rotatable bonds is 6. The van der Waals surface area contributed by atoms with Crippen molar-refractivity contribution in [2.75, 3.05) is 17.4 Å². The number of phenols is 1. The third kappa shape index (κ3) is 4.38. The summed E-state index contributed by atoms with van der Waals surface area (Å²) in [5.41, 5.74) is 8.20. The second-order valence-corrected chi connectivity index (χ2v) is 6.71. The third-order valence-electron chi connectivity index (χ3n) is 4.51. The van der Waals surface area contributed by atoms with E-state index in [0.717, 1.165) is 22.4 Å². The average molecular weight is 372 g/mol. The minimum atomic E-state index is 0.159. The van der Waals surface area contributed by atoms with Crippen LogP contribution in [0.3, 0.4) is 0 Å². The second kappa shape index (κ2) is 8.39. The first kappa shape index (κ1) is 19.2. The van der Waals surface area contributed by atoms with Crippen LogP contribution in [0.15, 0.2) is 72.4 Å². The lowest BCUT2D eigenvalue weighted by Crippen LogP contribution is -2.17. The Hall–Kier alpha value is -3.60. The number of hydrazone groups is 1. The van der Waals surface area contributed by atoms with Crippen molar-refractivity contribution in [1.82, 2.24) is 0 Å². The predicted octanol–water partition coefficient (Wildman–Crippen LogP) is 4.89. The van der Waals surface area contributed by atoms with E-state index in [2.05, 4.69) is 22.0 Å². The molecule has 3 N–H and O–H groups in total. The molecule has 142 valence electrons. The summed E-state index contributed by atoms with van der Waals surface area (Å²) in [6.07, 6.45) is 8.86. The van der Waals surface area contributed by atoms with E-state index < -0.39 is 0 Å². The summed E-state index contributed by atoms with van der Waals surface area (Å²) in [6.45, 7) is 6.30. The van der Waals surface area contributed by atoms with E-state index in [9.17, 15) is 5.11 Å². The van der Waals surface area contributed by atoms with Crippen molar-refractivity contribution in [2.24, 2.45) is 5.10 Å². The van der Waals surface area contributed by atoms with Gasteiger partial charge in [-0.15, -0.1) is 0 Å². The highest BCUT2D eigenvalue weighted by atomic mass is 16.3. The molecule has 1 aliphatic rings. The fourth-order valence-electron chi connectivity index (χ4n) is 2.96. The quantitative estimate of drug-likeness (QED) is 0.384. The molecule has 0 heterocycles. The molecule has 0 bridgehead atoms. The Balaban J connectivity index is 1.81. The number of hydrogen-bond acceptors (Lipinski definition) is 5. The number of nitrogens with zero attached hydrogens (tertiary/aromatic N) is 2. The summed E-state index contributed by atoms with van der Waals surface area (Å²) in [6, 6.07) is 11.9. The van der Waals surface area contributed by atoms with Crippen molar-refractivity contribution in [1.29, 1.82) is 5.41 Å². The molecule has 0 saturated carbocycles. The van der Waals surface area contributed by atoms with Crippen LogP contribution in [0.2, 0.25) is 0 Å². The van der Waals surface area contributed by atoms with Gasteiger partial charge in [0.1, 0.15) is 11.5 Å². The number of nitrogens with one attached hydrogen (secondary N) is 2. The molecule has 0 unspecified atom stereocenters. The Kier molecular flexibility index (Phi) is 5.75. The zero-order chi connectivity index (χ0) is 20.1. The summed E-state index contributed by atoms with van der Waals surface area (Å²) in [7, 11) is 1.98. The lowest BCUT2D eigenvalue weighted by Gasteiger charge is -2.21. The second-order valence-electron chi connectivity index (χ2n) is 6.71. The molecule has 5 nitrogen and oxygen atoms in total. The van der Waals surface area contributed by atoms with Gasteiger partial charge in [-0.25, -0.2) is 0 Å². The zero-order valence-electron chi connectivity index (χ0n) is 16.1. The average Bonchev–Trinajstić information content (AvgIpc) is 2.70. The lowest BCUT2D eigenvalue weighted by molar-refractivity contribution is 0.469. The molecule has 0 spiro atoms. The van der Waals surface area contributed by atoms with Gasteiger partial charge in [-0.2, -0.15) is 5.10 Å². The van der Waals surface area contributed by atoms with Gasteiger partial charge in [0.05, 0.1) is 11.4 Å². The topological polar surface area (TPSA) is 71.7 Å². The first-order valence-electron chi connectivity index (χ1n) is 9.01. The summed E-state index contributed by atoms with van der Waals surface area (Å²) in [5.74, 6) is 0.159. The Morgan fingerprint density at radius 3 is 2.57 bits per heavy atom. The van der Waals surface area contributed by atoms with Gasteiger partial charge in [0.2, 0.25) is 0 Å². The monoisotopic (exact) mass is 372 g/mol. The lowest BCUT2D eigenvalue weighted by atomic mass is 10.1. The first-order valence-corrected chi connectivity index (χ1v) is 9.01. The maximum absolute atomic E-state index is 10.7. The Morgan fingerprint density at radius 1 is 1.18 bits per heavy atom. The summed E-state index contributed by atoms with van der Waals surface area (Å²) in [5, 5.41) is 22.9. The van der Waals surface area contributed by atoms with E-state index in [4.69, 9.17) is 5.41 Å². The van der Waals surface area contributed by atoms with Gasteiger partial charge in [-0.3, -0.25) is 10.8 Å². The van der Waals surface area contributed by atoms with Crippen LogP contribution in [0.1, 0.15) is 16.7 Å². The zero-order valence-corrected chi connectivity index (χ0v) is 16.1. The SMILES string of the molecule is C=Cc1ccc(N(C)Cc2cc(C)cc(N/N=C3/C=CC=CC3=N)c2O)cc1. The highest BCUT2D eigenvalue weighted by Crippen LogP contribution is 2.31. The molecule has 0 amide bonds. The van der Waals surface area contributed by atoms with Gasteiger partial charge in [0.25, 0.3) is 0 Å². The van der Waals surface area contributed by atoms with Crippen molar-refractivity contribution in [3.8, 4) is 5.75 Å². The van der Waals surface area contributed by atoms with Crippen LogP contribution < -0.4 is 10.3 Å². The molecule has 3 rings (SSSR count). The van der Waals surface area contributed by atoms with Crippen molar-refractivity contribution >= 4 is 28.9 Å².